The zero-order valence-corrected chi connectivity index (χ0v) is 10.3. The first-order valence-electron chi connectivity index (χ1n) is 5.08. The number of halogens is 2. The second-order valence-electron chi connectivity index (χ2n) is 3.66. The molecule has 0 aliphatic rings. The van der Waals surface area contributed by atoms with Gasteiger partial charge < -0.3 is 5.73 Å². The number of nitrogens with two attached hydrogens (primary N) is 1. The fourth-order valence-corrected chi connectivity index (χ4v) is 2.49. The largest absolute Gasteiger partial charge is 0.399 e. The number of nitrogens with one attached hydrogen (secondary N) is 1. The number of nitrogens with zero attached hydrogens (tertiary/aromatic N) is 1. The van der Waals surface area contributed by atoms with Gasteiger partial charge in [-0.25, -0.2) is 17.8 Å². The average molecular weight is 285 g/mol. The van der Waals surface area contributed by atoms with Crippen molar-refractivity contribution in [2.75, 3.05) is 10.5 Å². The molecule has 0 unspecified atom stereocenters. The van der Waals surface area contributed by atoms with Crippen LogP contribution in [0.1, 0.15) is 0 Å². The minimum atomic E-state index is -4.12. The molecule has 0 aliphatic carbocycles. The molecule has 0 radical (unpaired) electrons. The Labute approximate surface area is 108 Å². The van der Waals surface area contributed by atoms with Crippen molar-refractivity contribution in [1.29, 1.82) is 0 Å². The molecule has 0 spiro atoms. The van der Waals surface area contributed by atoms with Crippen molar-refractivity contribution in [3.63, 3.8) is 0 Å². The summed E-state index contributed by atoms with van der Waals surface area (Å²) in [5.74, 6) is -1.72. The minimum absolute atomic E-state index is 0.0256. The topological polar surface area (TPSA) is 85.1 Å². The zero-order chi connectivity index (χ0) is 14.0. The fourth-order valence-electron chi connectivity index (χ4n) is 1.38. The summed E-state index contributed by atoms with van der Waals surface area (Å²) >= 11 is 0. The molecule has 1 aromatic heterocycles. The first-order chi connectivity index (χ1) is 8.88. The fraction of sp³-hybridized carbons (Fsp3) is 0. The van der Waals surface area contributed by atoms with Crippen LogP contribution >= 0.6 is 0 Å². The predicted molar refractivity (Wildman–Crippen MR) is 65.8 cm³/mol. The molecule has 0 fully saturated rings. The van der Waals surface area contributed by atoms with Gasteiger partial charge in [-0.3, -0.25) is 4.72 Å². The van der Waals surface area contributed by atoms with Gasteiger partial charge in [-0.15, -0.1) is 0 Å². The van der Waals surface area contributed by atoms with Crippen LogP contribution in [-0.4, -0.2) is 13.4 Å². The summed E-state index contributed by atoms with van der Waals surface area (Å²) in [6.45, 7) is 0. The molecule has 100 valence electrons. The molecular weight excluding hydrogens is 276 g/mol. The average Bonchev–Trinajstić information content (AvgIpc) is 2.31. The number of aromatic nitrogens is 1. The first-order valence-corrected chi connectivity index (χ1v) is 6.56. The molecule has 0 bridgehead atoms. The number of anilines is 2. The van der Waals surface area contributed by atoms with Gasteiger partial charge in [0.05, 0.1) is 11.9 Å². The third-order valence-electron chi connectivity index (χ3n) is 2.23. The van der Waals surface area contributed by atoms with Crippen molar-refractivity contribution in [1.82, 2.24) is 4.98 Å². The molecule has 1 heterocycles. The molecule has 0 saturated heterocycles. The number of pyridine rings is 1. The summed E-state index contributed by atoms with van der Waals surface area (Å²) in [6.07, 6.45) is 0.988. The number of benzene rings is 1. The maximum atomic E-state index is 13.5. The van der Waals surface area contributed by atoms with Gasteiger partial charge in [-0.05, 0) is 30.3 Å². The Balaban J connectivity index is 2.35. The lowest BCUT2D eigenvalue weighted by atomic mass is 10.3. The van der Waals surface area contributed by atoms with E-state index in [1.165, 1.54) is 12.1 Å². The summed E-state index contributed by atoms with van der Waals surface area (Å²) in [4.78, 5) is 2.74. The summed E-state index contributed by atoms with van der Waals surface area (Å²) in [5.41, 5.74) is 5.47. The lowest BCUT2D eigenvalue weighted by Gasteiger charge is -2.08. The molecular formula is C11H9F2N3O2S. The van der Waals surface area contributed by atoms with Gasteiger partial charge in [0.15, 0.2) is 0 Å². The minimum Gasteiger partial charge on any atom is -0.399 e. The van der Waals surface area contributed by atoms with Gasteiger partial charge in [0, 0.05) is 5.69 Å². The standard InChI is InChI=1S/C11H9F2N3O2S/c12-9-5-7(14)1-3-10(9)19(17,18)16-8-2-4-11(13)15-6-8/h1-6,16H,14H2. The van der Waals surface area contributed by atoms with Crippen LogP contribution in [0.15, 0.2) is 41.4 Å². The van der Waals surface area contributed by atoms with Crippen molar-refractivity contribution in [2.45, 2.75) is 4.90 Å². The van der Waals surface area contributed by atoms with Crippen LogP contribution in [0, 0.1) is 11.8 Å². The van der Waals surface area contributed by atoms with Crippen LogP contribution in [0.4, 0.5) is 20.2 Å². The quantitative estimate of drug-likeness (QED) is 0.664. The Morgan fingerprint density at radius 1 is 1.16 bits per heavy atom. The Morgan fingerprint density at radius 2 is 1.89 bits per heavy atom. The van der Waals surface area contributed by atoms with E-state index >= 15 is 0 Å². The maximum Gasteiger partial charge on any atom is 0.264 e. The van der Waals surface area contributed by atoms with Crippen LogP contribution in [0.25, 0.3) is 0 Å². The molecule has 0 atom stereocenters. The number of hydrogen-bond acceptors (Lipinski definition) is 4. The molecule has 8 heteroatoms. The maximum absolute atomic E-state index is 13.5. The summed E-state index contributed by atoms with van der Waals surface area (Å²) in [5, 5.41) is 0. The smallest absolute Gasteiger partial charge is 0.264 e. The van der Waals surface area contributed by atoms with Crippen molar-refractivity contribution < 1.29 is 17.2 Å². The highest BCUT2D eigenvalue weighted by molar-refractivity contribution is 7.92. The monoisotopic (exact) mass is 285 g/mol. The highest BCUT2D eigenvalue weighted by atomic mass is 32.2. The van der Waals surface area contributed by atoms with Crippen LogP contribution in [0.5, 0.6) is 0 Å². The molecule has 0 amide bonds. The summed E-state index contributed by atoms with van der Waals surface area (Å²) < 4.78 is 52.0. The van der Waals surface area contributed by atoms with Gasteiger partial charge >= 0.3 is 0 Å². The third-order valence-corrected chi connectivity index (χ3v) is 3.64. The normalized spacial score (nSPS) is 11.3. The summed E-state index contributed by atoms with van der Waals surface area (Å²) in [7, 11) is -4.12. The van der Waals surface area contributed by atoms with E-state index in [1.807, 2.05) is 0 Å². The van der Waals surface area contributed by atoms with E-state index in [9.17, 15) is 17.2 Å². The SMILES string of the molecule is Nc1ccc(S(=O)(=O)Nc2ccc(F)nc2)c(F)c1. The lowest BCUT2D eigenvalue weighted by Crippen LogP contribution is -2.15. The zero-order valence-electron chi connectivity index (χ0n) is 9.47. The molecule has 19 heavy (non-hydrogen) atoms. The third kappa shape index (κ3) is 2.97. The van der Waals surface area contributed by atoms with E-state index in [2.05, 4.69) is 9.71 Å². The van der Waals surface area contributed by atoms with E-state index in [-0.39, 0.29) is 11.4 Å². The van der Waals surface area contributed by atoms with Crippen LogP contribution in [0.3, 0.4) is 0 Å². The number of sulfonamides is 1. The van der Waals surface area contributed by atoms with Crippen LogP contribution in [0.2, 0.25) is 0 Å². The molecule has 2 rings (SSSR count). The Kier molecular flexibility index (Phi) is 3.34. The van der Waals surface area contributed by atoms with E-state index in [0.29, 0.717) is 0 Å². The van der Waals surface area contributed by atoms with Gasteiger partial charge in [0.25, 0.3) is 10.0 Å². The molecule has 1 aromatic carbocycles. The predicted octanol–water partition coefficient (Wildman–Crippen LogP) is 1.74. The second kappa shape index (κ2) is 4.81. The summed E-state index contributed by atoms with van der Waals surface area (Å²) in [6, 6.07) is 5.37. The molecule has 0 aliphatic heterocycles. The van der Waals surface area contributed by atoms with Crippen molar-refractivity contribution >= 4 is 21.4 Å². The number of rotatable bonds is 3. The Hall–Kier alpha value is -2.22. The molecule has 0 saturated carbocycles. The van der Waals surface area contributed by atoms with E-state index in [4.69, 9.17) is 5.73 Å². The van der Waals surface area contributed by atoms with E-state index in [1.54, 1.807) is 0 Å². The number of hydrogen-bond donors (Lipinski definition) is 2. The van der Waals surface area contributed by atoms with E-state index in [0.717, 1.165) is 24.4 Å². The Morgan fingerprint density at radius 3 is 2.47 bits per heavy atom. The highest BCUT2D eigenvalue weighted by Gasteiger charge is 2.19. The first kappa shape index (κ1) is 13.2. The van der Waals surface area contributed by atoms with Gasteiger partial charge in [-0.1, -0.05) is 0 Å². The number of nitrogen functional groups attached to an aromatic ring is 1. The molecule has 3 N–H and O–H groups in total. The Bertz CT molecular complexity index is 702. The van der Waals surface area contributed by atoms with Crippen molar-refractivity contribution in [3.05, 3.63) is 48.3 Å². The van der Waals surface area contributed by atoms with E-state index < -0.39 is 26.7 Å². The van der Waals surface area contributed by atoms with Gasteiger partial charge in [0.1, 0.15) is 10.7 Å². The second-order valence-corrected chi connectivity index (χ2v) is 5.32. The molecule has 2 aromatic rings. The van der Waals surface area contributed by atoms with Crippen molar-refractivity contribution in [2.24, 2.45) is 0 Å². The van der Waals surface area contributed by atoms with Gasteiger partial charge in [-0.2, -0.15) is 4.39 Å². The van der Waals surface area contributed by atoms with Crippen LogP contribution in [-0.2, 0) is 10.0 Å². The lowest BCUT2D eigenvalue weighted by molar-refractivity contribution is 0.570. The highest BCUT2D eigenvalue weighted by Crippen LogP contribution is 2.20. The van der Waals surface area contributed by atoms with Gasteiger partial charge in [0.2, 0.25) is 5.95 Å². The van der Waals surface area contributed by atoms with Crippen LogP contribution < -0.4 is 10.5 Å². The molecule has 5 nitrogen and oxygen atoms in total. The van der Waals surface area contributed by atoms with Crippen molar-refractivity contribution in [3.8, 4) is 0 Å².